The number of nitrogens with zero attached hydrogens (tertiary/aromatic N) is 3. The molecule has 0 saturated carbocycles. The van der Waals surface area contributed by atoms with Crippen LogP contribution in [0.3, 0.4) is 0 Å². The maximum absolute atomic E-state index is 4.19. The van der Waals surface area contributed by atoms with E-state index in [1.165, 1.54) is 0 Å². The zero-order chi connectivity index (χ0) is 12.4. The number of rotatable bonds is 2. The summed E-state index contributed by atoms with van der Waals surface area (Å²) in [6.45, 7) is 1.83. The van der Waals surface area contributed by atoms with E-state index in [4.69, 9.17) is 0 Å². The van der Waals surface area contributed by atoms with Gasteiger partial charge in [0.1, 0.15) is 0 Å². The second kappa shape index (κ2) is 4.90. The SMILES string of the molecule is Brc1cccc(-c2cnnc(N3CC=CC3)c2)c1. The molecule has 4 heteroatoms. The minimum atomic E-state index is 0.913. The highest BCUT2D eigenvalue weighted by molar-refractivity contribution is 9.10. The number of benzene rings is 1. The van der Waals surface area contributed by atoms with Crippen LogP contribution in [0.15, 0.2) is 53.2 Å². The van der Waals surface area contributed by atoms with Crippen LogP contribution in [-0.4, -0.2) is 23.3 Å². The van der Waals surface area contributed by atoms with Gasteiger partial charge in [-0.3, -0.25) is 0 Å². The topological polar surface area (TPSA) is 29.0 Å². The van der Waals surface area contributed by atoms with Crippen molar-refractivity contribution in [3.8, 4) is 11.1 Å². The maximum atomic E-state index is 4.19. The molecular weight excluding hydrogens is 290 g/mol. The van der Waals surface area contributed by atoms with Gasteiger partial charge in [-0.15, -0.1) is 5.10 Å². The first kappa shape index (κ1) is 11.4. The molecule has 1 aromatic heterocycles. The highest BCUT2D eigenvalue weighted by Crippen LogP contribution is 2.25. The lowest BCUT2D eigenvalue weighted by atomic mass is 10.1. The molecule has 90 valence electrons. The number of halogens is 1. The fourth-order valence-corrected chi connectivity index (χ4v) is 2.40. The summed E-state index contributed by atoms with van der Waals surface area (Å²) in [6, 6.07) is 10.3. The molecule has 0 amide bonds. The van der Waals surface area contributed by atoms with Crippen molar-refractivity contribution < 1.29 is 0 Å². The van der Waals surface area contributed by atoms with Gasteiger partial charge < -0.3 is 4.90 Å². The van der Waals surface area contributed by atoms with Crippen LogP contribution < -0.4 is 4.90 Å². The molecule has 18 heavy (non-hydrogen) atoms. The summed E-state index contributed by atoms with van der Waals surface area (Å²) in [7, 11) is 0. The van der Waals surface area contributed by atoms with Crippen molar-refractivity contribution in [2.75, 3.05) is 18.0 Å². The van der Waals surface area contributed by atoms with Crippen LogP contribution in [0.1, 0.15) is 0 Å². The Labute approximate surface area is 114 Å². The molecule has 2 heterocycles. The highest BCUT2D eigenvalue weighted by atomic mass is 79.9. The van der Waals surface area contributed by atoms with E-state index in [0.29, 0.717) is 0 Å². The third-order valence-corrected chi connectivity index (χ3v) is 3.44. The summed E-state index contributed by atoms with van der Waals surface area (Å²) in [5.74, 6) is 0.928. The molecule has 0 saturated heterocycles. The molecule has 1 aliphatic rings. The zero-order valence-electron chi connectivity index (χ0n) is 9.75. The van der Waals surface area contributed by atoms with Gasteiger partial charge in [-0.25, -0.2) is 0 Å². The summed E-state index contributed by atoms with van der Waals surface area (Å²) in [4.78, 5) is 2.19. The number of anilines is 1. The average molecular weight is 302 g/mol. The van der Waals surface area contributed by atoms with Gasteiger partial charge >= 0.3 is 0 Å². The van der Waals surface area contributed by atoms with Crippen LogP contribution in [0.5, 0.6) is 0 Å². The molecule has 3 rings (SSSR count). The van der Waals surface area contributed by atoms with Crippen LogP contribution in [0.2, 0.25) is 0 Å². The summed E-state index contributed by atoms with van der Waals surface area (Å²) in [6.07, 6.45) is 6.09. The highest BCUT2D eigenvalue weighted by Gasteiger charge is 2.10. The Bertz CT molecular complexity index is 587. The van der Waals surface area contributed by atoms with Crippen molar-refractivity contribution in [3.63, 3.8) is 0 Å². The van der Waals surface area contributed by atoms with Crippen LogP contribution in [0.25, 0.3) is 11.1 Å². The van der Waals surface area contributed by atoms with E-state index < -0.39 is 0 Å². The Kier molecular flexibility index (Phi) is 3.11. The number of aromatic nitrogens is 2. The van der Waals surface area contributed by atoms with Gasteiger partial charge in [-0.1, -0.05) is 40.2 Å². The molecule has 2 aromatic rings. The first-order chi connectivity index (χ1) is 8.83. The van der Waals surface area contributed by atoms with Gasteiger partial charge in [0.15, 0.2) is 5.82 Å². The average Bonchev–Trinajstić information content (AvgIpc) is 2.93. The van der Waals surface area contributed by atoms with Crippen LogP contribution >= 0.6 is 15.9 Å². The normalized spacial score (nSPS) is 14.2. The molecule has 1 aromatic carbocycles. The van der Waals surface area contributed by atoms with Gasteiger partial charge in [0.25, 0.3) is 0 Å². The molecule has 0 atom stereocenters. The van der Waals surface area contributed by atoms with Crippen molar-refractivity contribution >= 4 is 21.7 Å². The quantitative estimate of drug-likeness (QED) is 0.797. The van der Waals surface area contributed by atoms with Crippen molar-refractivity contribution in [2.24, 2.45) is 0 Å². The van der Waals surface area contributed by atoms with Crippen LogP contribution in [0.4, 0.5) is 5.82 Å². The summed E-state index contributed by atoms with van der Waals surface area (Å²) >= 11 is 3.49. The molecule has 0 aliphatic carbocycles. The van der Waals surface area contributed by atoms with Gasteiger partial charge in [0.2, 0.25) is 0 Å². The van der Waals surface area contributed by atoms with Crippen molar-refractivity contribution in [2.45, 2.75) is 0 Å². The summed E-state index contributed by atoms with van der Waals surface area (Å²) in [5.41, 5.74) is 2.24. The fraction of sp³-hybridized carbons (Fsp3) is 0.143. The van der Waals surface area contributed by atoms with E-state index in [-0.39, 0.29) is 0 Å². The van der Waals surface area contributed by atoms with Gasteiger partial charge in [-0.05, 0) is 23.8 Å². The zero-order valence-corrected chi connectivity index (χ0v) is 11.3. The lowest BCUT2D eigenvalue weighted by molar-refractivity contribution is 0.915. The van der Waals surface area contributed by atoms with Crippen molar-refractivity contribution in [3.05, 3.63) is 53.2 Å². The smallest absolute Gasteiger partial charge is 0.152 e. The Morgan fingerprint density at radius 2 is 1.89 bits per heavy atom. The first-order valence-corrected chi connectivity index (χ1v) is 6.61. The Morgan fingerprint density at radius 1 is 1.06 bits per heavy atom. The Balaban J connectivity index is 1.95. The Morgan fingerprint density at radius 3 is 2.67 bits per heavy atom. The molecule has 0 bridgehead atoms. The Hall–Kier alpha value is -1.68. The molecular formula is C14H12BrN3. The lowest BCUT2D eigenvalue weighted by Gasteiger charge is -2.16. The molecule has 0 N–H and O–H groups in total. The van der Waals surface area contributed by atoms with Crippen LogP contribution in [0, 0.1) is 0 Å². The van der Waals surface area contributed by atoms with Crippen molar-refractivity contribution in [1.82, 2.24) is 10.2 Å². The number of hydrogen-bond donors (Lipinski definition) is 0. The molecule has 0 fully saturated rings. The minimum Gasteiger partial charge on any atom is -0.348 e. The summed E-state index contributed by atoms with van der Waals surface area (Å²) in [5, 5.41) is 8.29. The predicted molar refractivity (Wildman–Crippen MR) is 76.5 cm³/mol. The predicted octanol–water partition coefficient (Wildman–Crippen LogP) is 3.28. The molecule has 0 spiro atoms. The number of hydrogen-bond acceptors (Lipinski definition) is 3. The van der Waals surface area contributed by atoms with E-state index >= 15 is 0 Å². The van der Waals surface area contributed by atoms with Crippen LogP contribution in [-0.2, 0) is 0 Å². The molecule has 0 unspecified atom stereocenters. The standard InChI is InChI=1S/C14H12BrN3/c15-13-5-3-4-11(8-13)12-9-14(17-16-10-12)18-6-1-2-7-18/h1-5,8-10H,6-7H2. The van der Waals surface area contributed by atoms with Gasteiger partial charge in [0, 0.05) is 23.1 Å². The second-order valence-corrected chi connectivity index (χ2v) is 5.10. The molecule has 3 nitrogen and oxygen atoms in total. The third-order valence-electron chi connectivity index (χ3n) is 2.94. The fourth-order valence-electron chi connectivity index (χ4n) is 2.00. The minimum absolute atomic E-state index is 0.913. The van der Waals surface area contributed by atoms with Gasteiger partial charge in [0.05, 0.1) is 6.20 Å². The van der Waals surface area contributed by atoms with Crippen molar-refractivity contribution in [1.29, 1.82) is 0 Å². The lowest BCUT2D eigenvalue weighted by Crippen LogP contribution is -2.20. The van der Waals surface area contributed by atoms with E-state index in [2.05, 4.69) is 61.4 Å². The third kappa shape index (κ3) is 2.29. The van der Waals surface area contributed by atoms with E-state index in [1.807, 2.05) is 12.1 Å². The molecule has 0 radical (unpaired) electrons. The monoisotopic (exact) mass is 301 g/mol. The van der Waals surface area contributed by atoms with E-state index in [9.17, 15) is 0 Å². The van der Waals surface area contributed by atoms with Gasteiger partial charge in [-0.2, -0.15) is 5.10 Å². The maximum Gasteiger partial charge on any atom is 0.152 e. The van der Waals surface area contributed by atoms with E-state index in [1.54, 1.807) is 6.20 Å². The van der Waals surface area contributed by atoms with E-state index in [0.717, 1.165) is 34.5 Å². The second-order valence-electron chi connectivity index (χ2n) is 4.19. The molecule has 1 aliphatic heterocycles. The summed E-state index contributed by atoms with van der Waals surface area (Å²) < 4.78 is 1.07. The largest absolute Gasteiger partial charge is 0.348 e. The first-order valence-electron chi connectivity index (χ1n) is 5.81.